The van der Waals surface area contributed by atoms with E-state index in [4.69, 9.17) is 10.2 Å². The van der Waals surface area contributed by atoms with Crippen LogP contribution in [0.5, 0.6) is 0 Å². The smallest absolute Gasteiger partial charge is 0.726 e. The molecule has 0 aliphatic carbocycles. The third-order valence-corrected chi connectivity index (χ3v) is 1.28. The number of unbranched alkanes of at least 4 members (excludes halogenated alkanes) is 1. The quantitative estimate of drug-likeness (QED) is 0.220. The topological polar surface area (TPSA) is 107 Å². The van der Waals surface area contributed by atoms with Gasteiger partial charge in [-0.3, -0.25) is 4.18 Å². The van der Waals surface area contributed by atoms with Gasteiger partial charge in [0.25, 0.3) is 0 Å². The summed E-state index contributed by atoms with van der Waals surface area (Å²) < 4.78 is 33.1. The van der Waals surface area contributed by atoms with Gasteiger partial charge in [0.1, 0.15) is 0 Å². The number of hydrogen-bond acceptors (Lipinski definition) is 6. The van der Waals surface area contributed by atoms with E-state index in [0.717, 1.165) is 6.42 Å². The molecule has 0 heterocycles. The van der Waals surface area contributed by atoms with E-state index >= 15 is 0 Å². The van der Waals surface area contributed by atoms with Gasteiger partial charge in [-0.05, 0) is 6.42 Å². The summed E-state index contributed by atoms with van der Waals surface area (Å²) in [6, 6.07) is 0. The van der Waals surface area contributed by atoms with Crippen LogP contribution in [0.2, 0.25) is 0 Å². The van der Waals surface area contributed by atoms with E-state index < -0.39 is 10.4 Å². The normalized spacial score (nSPS) is 9.71. The van der Waals surface area contributed by atoms with Crippen molar-refractivity contribution in [1.29, 1.82) is 0 Å². The van der Waals surface area contributed by atoms with Gasteiger partial charge in [0.05, 0.1) is 19.8 Å². The van der Waals surface area contributed by atoms with E-state index in [2.05, 4.69) is 4.18 Å². The van der Waals surface area contributed by atoms with Crippen LogP contribution in [0.3, 0.4) is 0 Å². The zero-order valence-electron chi connectivity index (χ0n) is 8.47. The van der Waals surface area contributed by atoms with Gasteiger partial charge in [-0.25, -0.2) is 8.42 Å². The van der Waals surface area contributed by atoms with Gasteiger partial charge in [0.15, 0.2) is 0 Å². The molecular weight excluding hydrogens is 223 g/mol. The van der Waals surface area contributed by atoms with E-state index in [1.54, 1.807) is 0 Å². The Labute approximate surface area is 107 Å². The maximum absolute atomic E-state index is 9.73. The van der Waals surface area contributed by atoms with Gasteiger partial charge < -0.3 is 14.8 Å². The molecule has 0 amide bonds. The Morgan fingerprint density at radius 3 is 1.93 bits per heavy atom. The zero-order valence-corrected chi connectivity index (χ0v) is 11.3. The molecule has 0 aliphatic heterocycles. The number of aliphatic hydroxyl groups is 2. The average molecular weight is 238 g/mol. The van der Waals surface area contributed by atoms with Crippen molar-refractivity contribution in [2.75, 3.05) is 19.8 Å². The summed E-state index contributed by atoms with van der Waals surface area (Å²) in [6.07, 6.45) is 1.41. The second kappa shape index (κ2) is 13.8. The molecule has 0 saturated carbocycles. The van der Waals surface area contributed by atoms with Gasteiger partial charge >= 0.3 is 29.6 Å². The molecule has 0 aromatic carbocycles. The fraction of sp³-hybridized carbons (Fsp3) is 1.00. The second-order valence-corrected chi connectivity index (χ2v) is 3.08. The fourth-order valence-electron chi connectivity index (χ4n) is 0.305. The Bertz CT molecular complexity index is 179. The summed E-state index contributed by atoms with van der Waals surface area (Å²) in [5, 5.41) is 15.2. The first-order chi connectivity index (χ1) is 5.97. The molecule has 0 spiro atoms. The van der Waals surface area contributed by atoms with Crippen LogP contribution >= 0.6 is 0 Å². The number of hydrogen-bond donors (Lipinski definition) is 2. The Morgan fingerprint density at radius 2 is 1.71 bits per heavy atom. The first-order valence-electron chi connectivity index (χ1n) is 3.79. The SMILES string of the molecule is CCCCOS(=O)(=O)[O-].OCCO.[Na+]. The molecule has 0 unspecified atom stereocenters. The van der Waals surface area contributed by atoms with Crippen molar-refractivity contribution in [2.45, 2.75) is 19.8 Å². The van der Waals surface area contributed by atoms with E-state index in [1.807, 2.05) is 6.92 Å². The molecule has 0 fully saturated rings. The second-order valence-electron chi connectivity index (χ2n) is 2.03. The molecule has 0 aliphatic rings. The molecule has 6 nitrogen and oxygen atoms in total. The van der Waals surface area contributed by atoms with Crippen LogP contribution in [-0.2, 0) is 14.6 Å². The van der Waals surface area contributed by atoms with Crippen LogP contribution in [-0.4, -0.2) is 43.0 Å². The van der Waals surface area contributed by atoms with Crippen molar-refractivity contribution in [2.24, 2.45) is 0 Å². The maximum Gasteiger partial charge on any atom is 1.00 e. The minimum Gasteiger partial charge on any atom is -0.726 e. The van der Waals surface area contributed by atoms with Gasteiger partial charge in [0.2, 0.25) is 10.4 Å². The molecule has 82 valence electrons. The van der Waals surface area contributed by atoms with Crippen LogP contribution in [0.1, 0.15) is 19.8 Å². The Morgan fingerprint density at radius 1 is 1.29 bits per heavy atom. The van der Waals surface area contributed by atoms with Crippen molar-refractivity contribution < 1.29 is 56.9 Å². The van der Waals surface area contributed by atoms with Crippen LogP contribution in [0.15, 0.2) is 0 Å². The molecular formula is C6H15NaO6S. The van der Waals surface area contributed by atoms with E-state index in [1.165, 1.54) is 0 Å². The molecule has 8 heteroatoms. The van der Waals surface area contributed by atoms with Crippen LogP contribution in [0, 0.1) is 0 Å². The van der Waals surface area contributed by atoms with Crippen LogP contribution in [0.4, 0.5) is 0 Å². The molecule has 14 heavy (non-hydrogen) atoms. The molecule has 0 atom stereocenters. The molecule has 2 N–H and O–H groups in total. The largest absolute Gasteiger partial charge is 1.00 e. The zero-order chi connectivity index (χ0) is 10.7. The first-order valence-corrected chi connectivity index (χ1v) is 5.13. The predicted octanol–water partition coefficient (Wildman–Crippen LogP) is -3.76. The Kier molecular flexibility index (Phi) is 19.9. The number of aliphatic hydroxyl groups excluding tert-OH is 2. The van der Waals surface area contributed by atoms with Crippen molar-refractivity contribution in [3.63, 3.8) is 0 Å². The van der Waals surface area contributed by atoms with Gasteiger partial charge in [-0.15, -0.1) is 0 Å². The fourth-order valence-corrected chi connectivity index (χ4v) is 0.627. The van der Waals surface area contributed by atoms with Crippen LogP contribution < -0.4 is 29.6 Å². The first kappa shape index (κ1) is 20.2. The van der Waals surface area contributed by atoms with Crippen LogP contribution in [0.25, 0.3) is 0 Å². The van der Waals surface area contributed by atoms with Gasteiger partial charge in [-0.2, -0.15) is 0 Å². The Balaban J connectivity index is -0.000000209. The minimum atomic E-state index is -4.45. The van der Waals surface area contributed by atoms with Crippen molar-refractivity contribution in [3.05, 3.63) is 0 Å². The van der Waals surface area contributed by atoms with E-state index in [0.29, 0.717) is 6.42 Å². The summed E-state index contributed by atoms with van der Waals surface area (Å²) in [7, 11) is -4.45. The van der Waals surface area contributed by atoms with Crippen molar-refractivity contribution in [1.82, 2.24) is 0 Å². The van der Waals surface area contributed by atoms with Crippen molar-refractivity contribution in [3.8, 4) is 0 Å². The van der Waals surface area contributed by atoms with E-state index in [-0.39, 0.29) is 49.4 Å². The van der Waals surface area contributed by atoms with E-state index in [9.17, 15) is 13.0 Å². The molecule has 0 rings (SSSR count). The third-order valence-electron chi connectivity index (χ3n) is 0.826. The molecule has 0 aromatic rings. The Hall–Kier alpha value is 0.790. The summed E-state index contributed by atoms with van der Waals surface area (Å²) in [5.41, 5.74) is 0. The standard InChI is InChI=1S/C4H10O4S.C2H6O2.Na/c1-2-3-4-8-9(5,6)7;3-1-2-4;/h2-4H2,1H3,(H,5,6,7);3-4H,1-2H2;/q;;+1/p-1. The van der Waals surface area contributed by atoms with Gasteiger partial charge in [-0.1, -0.05) is 13.3 Å². The molecule has 0 radical (unpaired) electrons. The predicted molar refractivity (Wildman–Crippen MR) is 44.7 cm³/mol. The third kappa shape index (κ3) is 29.3. The summed E-state index contributed by atoms with van der Waals surface area (Å²) >= 11 is 0. The average Bonchev–Trinajstić information content (AvgIpc) is 2.03. The molecule has 0 saturated heterocycles. The monoisotopic (exact) mass is 238 g/mol. The molecule has 0 bridgehead atoms. The minimum absolute atomic E-state index is 0. The van der Waals surface area contributed by atoms with Gasteiger partial charge in [0, 0.05) is 0 Å². The molecule has 0 aromatic heterocycles. The number of rotatable bonds is 5. The summed E-state index contributed by atoms with van der Waals surface area (Å²) in [4.78, 5) is 0. The summed E-state index contributed by atoms with van der Waals surface area (Å²) in [6.45, 7) is 1.63. The maximum atomic E-state index is 9.73. The summed E-state index contributed by atoms with van der Waals surface area (Å²) in [5.74, 6) is 0. The van der Waals surface area contributed by atoms with Crippen molar-refractivity contribution >= 4 is 10.4 Å².